The van der Waals surface area contributed by atoms with Crippen molar-refractivity contribution in [1.29, 1.82) is 0 Å². The van der Waals surface area contributed by atoms with Gasteiger partial charge in [-0.15, -0.1) is 0 Å². The number of ether oxygens (including phenoxy) is 1. The van der Waals surface area contributed by atoms with E-state index in [0.29, 0.717) is 12.9 Å². The molecule has 26 heavy (non-hydrogen) atoms. The van der Waals surface area contributed by atoms with Gasteiger partial charge in [0.15, 0.2) is 0 Å². The molecule has 147 valence electrons. The summed E-state index contributed by atoms with van der Waals surface area (Å²) in [5.74, 6) is 0. The predicted octanol–water partition coefficient (Wildman–Crippen LogP) is 6.48. The number of hydrogen-bond donors (Lipinski definition) is 0. The summed E-state index contributed by atoms with van der Waals surface area (Å²) in [5, 5.41) is 3.02. The normalized spacial score (nSPS) is 12.9. The number of hydrogen-bond acceptors (Lipinski definition) is 1. The first kappa shape index (κ1) is 24.0. The summed E-state index contributed by atoms with van der Waals surface area (Å²) in [6.45, 7) is 4.27. The van der Waals surface area contributed by atoms with Crippen molar-refractivity contribution < 1.29 is 17.6 Å². The Balaban J connectivity index is 0.000000351. The molecule has 0 spiro atoms. The van der Waals surface area contributed by atoms with Gasteiger partial charge in [-0.3, -0.25) is 0 Å². The number of unbranched alkanes of at least 4 members (excludes halogenated alkanes) is 2. The van der Waals surface area contributed by atoms with Crippen molar-refractivity contribution in [2.75, 3.05) is 19.4 Å². The molecule has 3 rings (SSSR count). The fraction of sp³-hybridized carbons (Fsp3) is 0.429. The zero-order valence-corrected chi connectivity index (χ0v) is 18.8. The van der Waals surface area contributed by atoms with E-state index in [0.717, 1.165) is 13.2 Å². The minimum atomic E-state index is -0.162. The molecule has 0 unspecified atom stereocenters. The molecular formula is C21H29Cl2CoOP. The molecule has 1 heterocycles. The molecule has 1 aliphatic heterocycles. The Labute approximate surface area is 175 Å². The van der Waals surface area contributed by atoms with Gasteiger partial charge in [-0.05, 0) is 44.0 Å². The zero-order valence-electron chi connectivity index (χ0n) is 15.4. The zero-order chi connectivity index (χ0) is 18.9. The molecule has 0 radical (unpaired) electrons. The van der Waals surface area contributed by atoms with Gasteiger partial charge < -0.3 is 4.74 Å². The van der Waals surface area contributed by atoms with Crippen LogP contribution < -0.4 is 10.6 Å². The molecule has 0 aromatic heterocycles. The molecule has 1 aliphatic rings. The molecule has 2 aromatic rings. The van der Waals surface area contributed by atoms with Crippen molar-refractivity contribution in [2.45, 2.75) is 39.0 Å². The van der Waals surface area contributed by atoms with Gasteiger partial charge in [0, 0.05) is 13.2 Å². The maximum atomic E-state index is 4.94. The summed E-state index contributed by atoms with van der Waals surface area (Å²) in [5.41, 5.74) is 0. The van der Waals surface area contributed by atoms with E-state index in [1.54, 1.807) is 0 Å². The number of halogens is 2. The van der Waals surface area contributed by atoms with Crippen LogP contribution in [0.1, 0.15) is 39.0 Å². The van der Waals surface area contributed by atoms with E-state index in [9.17, 15) is 0 Å². The average molecular weight is 458 g/mol. The van der Waals surface area contributed by atoms with Crippen LogP contribution in [-0.4, -0.2) is 19.4 Å². The molecule has 1 saturated heterocycles. The van der Waals surface area contributed by atoms with Crippen LogP contribution in [0, 0.1) is 0 Å². The third kappa shape index (κ3) is 10.9. The van der Waals surface area contributed by atoms with E-state index in [1.807, 2.05) is 0 Å². The minimum absolute atomic E-state index is 0.162. The van der Waals surface area contributed by atoms with Gasteiger partial charge in [-0.2, -0.15) is 0 Å². The molecule has 0 atom stereocenters. The van der Waals surface area contributed by atoms with Crippen LogP contribution in [0.3, 0.4) is 0 Å². The van der Waals surface area contributed by atoms with Crippen molar-refractivity contribution >= 4 is 38.8 Å². The fourth-order valence-corrected chi connectivity index (χ4v) is 5.07. The Morgan fingerprint density at radius 2 is 1.31 bits per heavy atom. The Morgan fingerprint density at radius 1 is 0.846 bits per heavy atom. The third-order valence-electron chi connectivity index (χ3n) is 3.95. The third-order valence-corrected chi connectivity index (χ3v) is 6.55. The second-order valence-corrected chi connectivity index (χ2v) is 9.95. The Morgan fingerprint density at radius 3 is 1.65 bits per heavy atom. The fourth-order valence-electron chi connectivity index (χ4n) is 2.65. The number of rotatable bonds is 6. The molecule has 1 fully saturated rings. The van der Waals surface area contributed by atoms with Crippen LogP contribution in [0.15, 0.2) is 60.7 Å². The predicted molar refractivity (Wildman–Crippen MR) is 115 cm³/mol. The monoisotopic (exact) mass is 457 g/mol. The van der Waals surface area contributed by atoms with E-state index in [-0.39, 0.29) is 7.92 Å². The van der Waals surface area contributed by atoms with Gasteiger partial charge in [-0.25, -0.2) is 0 Å². The second kappa shape index (κ2) is 17.0. The van der Waals surface area contributed by atoms with Crippen LogP contribution in [0.2, 0.25) is 0 Å². The van der Waals surface area contributed by atoms with Crippen molar-refractivity contribution in [3.63, 3.8) is 0 Å². The molecule has 0 N–H and O–H groups in total. The molecule has 0 saturated carbocycles. The molecule has 0 aliphatic carbocycles. The van der Waals surface area contributed by atoms with E-state index >= 15 is 0 Å². The summed E-state index contributed by atoms with van der Waals surface area (Å²) in [6, 6.07) is 22.0. The van der Waals surface area contributed by atoms with E-state index in [2.05, 4.69) is 67.6 Å². The maximum absolute atomic E-state index is 4.94. The Hall–Kier alpha value is -0.0835. The Bertz CT molecular complexity index is 491. The van der Waals surface area contributed by atoms with E-state index < -0.39 is 0 Å². The van der Waals surface area contributed by atoms with Crippen molar-refractivity contribution in [1.82, 2.24) is 0 Å². The first-order valence-electron chi connectivity index (χ1n) is 9.12. The molecule has 0 amide bonds. The summed E-state index contributed by atoms with van der Waals surface area (Å²) in [6.07, 6.45) is 7.86. The molecule has 1 nitrogen and oxygen atoms in total. The average Bonchev–Trinajstić information content (AvgIpc) is 3.28. The first-order valence-corrected chi connectivity index (χ1v) is 13.5. The van der Waals surface area contributed by atoms with Gasteiger partial charge in [0.1, 0.15) is 0 Å². The molecule has 2 aromatic carbocycles. The summed E-state index contributed by atoms with van der Waals surface area (Å²) < 4.78 is 4.94. The Kier molecular flexibility index (Phi) is 15.7. The van der Waals surface area contributed by atoms with E-state index in [4.69, 9.17) is 25.0 Å². The summed E-state index contributed by atoms with van der Waals surface area (Å²) in [7, 11) is 9.30. The van der Waals surface area contributed by atoms with Crippen molar-refractivity contribution in [2.24, 2.45) is 0 Å². The SMILES string of the molecule is C1CCOC1.CCCCCP(c1ccccc1)c1ccccc1.[Cl][Co][Cl]. The van der Waals surface area contributed by atoms with Crippen molar-refractivity contribution in [3.05, 3.63) is 60.7 Å². The standard InChI is InChI=1S/C17H21P.C4H8O.2ClH.Co/c1-2-3-10-15-18(16-11-6-4-7-12-16)17-13-8-5-9-14-17;1-2-4-5-3-1;;;/h4-9,11-14H,2-3,10,15H2,1H3;1-4H2;2*1H;/q;;;;+2/p-2. The van der Waals surface area contributed by atoms with Gasteiger partial charge in [0.25, 0.3) is 0 Å². The second-order valence-electron chi connectivity index (χ2n) is 5.90. The van der Waals surface area contributed by atoms with Gasteiger partial charge >= 0.3 is 33.2 Å². The summed E-state index contributed by atoms with van der Waals surface area (Å²) >= 11 is 0.382. The number of benzene rings is 2. The van der Waals surface area contributed by atoms with Gasteiger partial charge in [0.2, 0.25) is 0 Å². The van der Waals surface area contributed by atoms with Crippen LogP contribution in [0.5, 0.6) is 0 Å². The summed E-state index contributed by atoms with van der Waals surface area (Å²) in [4.78, 5) is 0. The van der Waals surface area contributed by atoms with Gasteiger partial charge in [0.05, 0.1) is 0 Å². The first-order chi connectivity index (χ1) is 12.8. The van der Waals surface area contributed by atoms with E-state index in [1.165, 1.54) is 48.9 Å². The molecule has 5 heteroatoms. The molecule has 0 bridgehead atoms. The van der Waals surface area contributed by atoms with Crippen LogP contribution in [-0.2, 0) is 17.6 Å². The van der Waals surface area contributed by atoms with Crippen LogP contribution >= 0.6 is 28.2 Å². The van der Waals surface area contributed by atoms with Crippen LogP contribution in [0.4, 0.5) is 0 Å². The van der Waals surface area contributed by atoms with Gasteiger partial charge in [-0.1, -0.05) is 80.4 Å². The van der Waals surface area contributed by atoms with Crippen LogP contribution in [0.25, 0.3) is 0 Å². The van der Waals surface area contributed by atoms with Crippen molar-refractivity contribution in [3.8, 4) is 0 Å². The topological polar surface area (TPSA) is 9.23 Å². The quantitative estimate of drug-likeness (QED) is 0.356. The molecular weight excluding hydrogens is 429 g/mol.